The number of nitrogens with zero attached hydrogens (tertiary/aromatic N) is 8. The van der Waals surface area contributed by atoms with Gasteiger partial charge in [0.1, 0.15) is 23.3 Å². The molecule has 0 atom stereocenters. The Balaban J connectivity index is 1.15. The summed E-state index contributed by atoms with van der Waals surface area (Å²) in [5, 5.41) is 16.2. The number of nitriles is 1. The van der Waals surface area contributed by atoms with Crippen molar-refractivity contribution in [2.45, 2.75) is 56.7 Å². The predicted molar refractivity (Wildman–Crippen MR) is 167 cm³/mol. The average Bonchev–Trinajstić information content (AvgIpc) is 3.07. The van der Waals surface area contributed by atoms with Gasteiger partial charge in [-0.3, -0.25) is 14.7 Å². The number of nitrogens with one attached hydrogen (secondary N) is 2. The minimum absolute atomic E-state index is 0.0104. The molecule has 6 rings (SSSR count). The fraction of sp³-hybridized carbons (Fsp3) is 0.375. The van der Waals surface area contributed by atoms with Gasteiger partial charge in [0.2, 0.25) is 11.9 Å². The molecule has 1 aliphatic heterocycles. The Morgan fingerprint density at radius 1 is 0.956 bits per heavy atom. The van der Waals surface area contributed by atoms with Gasteiger partial charge in [-0.15, -0.1) is 0 Å². The predicted octanol–water partition coefficient (Wildman–Crippen LogP) is 3.80. The third-order valence-electron chi connectivity index (χ3n) is 8.01. The molecule has 0 aromatic carbocycles. The van der Waals surface area contributed by atoms with Crippen molar-refractivity contribution in [1.82, 2.24) is 29.9 Å². The highest BCUT2D eigenvalue weighted by atomic mass is 16.5. The minimum atomic E-state index is -0.0142. The highest BCUT2D eigenvalue weighted by Gasteiger charge is 2.31. The number of aryl methyl sites for hydroxylation is 1. The van der Waals surface area contributed by atoms with Crippen molar-refractivity contribution < 1.29 is 14.3 Å². The van der Waals surface area contributed by atoms with Crippen LogP contribution in [0.4, 0.5) is 17.6 Å². The Kier molecular flexibility index (Phi) is 9.31. The molecule has 0 bridgehead atoms. The van der Waals surface area contributed by atoms with E-state index in [0.29, 0.717) is 55.2 Å². The molecule has 1 amide bonds. The van der Waals surface area contributed by atoms with Crippen LogP contribution in [0.3, 0.4) is 0 Å². The number of carbonyl (C=O) groups excluding carboxylic acids is 1. The van der Waals surface area contributed by atoms with Crippen molar-refractivity contribution in [3.05, 3.63) is 72.6 Å². The van der Waals surface area contributed by atoms with Crippen LogP contribution in [0.15, 0.2) is 61.3 Å². The monoisotopic (exact) mass is 606 g/mol. The summed E-state index contributed by atoms with van der Waals surface area (Å²) in [5.74, 6) is 1.61. The molecule has 1 aliphatic carbocycles. The Bertz CT molecular complexity index is 1620. The van der Waals surface area contributed by atoms with E-state index in [0.717, 1.165) is 42.5 Å². The smallest absolute Gasteiger partial charge is 0.316 e. The molecule has 1 saturated heterocycles. The van der Waals surface area contributed by atoms with Crippen molar-refractivity contribution in [3.63, 3.8) is 0 Å². The van der Waals surface area contributed by atoms with Crippen LogP contribution in [-0.2, 0) is 16.0 Å². The average molecular weight is 607 g/mol. The first-order valence-corrected chi connectivity index (χ1v) is 15.0. The number of rotatable bonds is 11. The van der Waals surface area contributed by atoms with Crippen LogP contribution in [0.25, 0.3) is 11.1 Å². The van der Waals surface area contributed by atoms with E-state index in [1.165, 1.54) is 13.3 Å². The lowest BCUT2D eigenvalue weighted by atomic mass is 9.89. The van der Waals surface area contributed by atoms with Gasteiger partial charge in [-0.1, -0.05) is 6.07 Å². The van der Waals surface area contributed by atoms with Gasteiger partial charge >= 0.3 is 6.01 Å². The first kappa shape index (κ1) is 29.8. The Hall–Kier alpha value is -5.22. The maximum Gasteiger partial charge on any atom is 0.316 e. The van der Waals surface area contributed by atoms with Gasteiger partial charge in [-0.2, -0.15) is 10.2 Å². The number of aromatic nitrogens is 6. The normalized spacial score (nSPS) is 17.9. The molecule has 0 unspecified atom stereocenters. The second-order valence-corrected chi connectivity index (χ2v) is 11.0. The van der Waals surface area contributed by atoms with Crippen LogP contribution in [0, 0.1) is 11.3 Å². The summed E-state index contributed by atoms with van der Waals surface area (Å²) < 4.78 is 10.3. The Labute approximate surface area is 261 Å². The van der Waals surface area contributed by atoms with Gasteiger partial charge in [0.25, 0.3) is 0 Å². The van der Waals surface area contributed by atoms with Crippen molar-refractivity contribution in [2.24, 2.45) is 0 Å². The number of hydrogen-bond donors (Lipinski definition) is 2. The van der Waals surface area contributed by atoms with Crippen molar-refractivity contribution in [2.75, 3.05) is 35.9 Å². The van der Waals surface area contributed by atoms with E-state index in [9.17, 15) is 10.1 Å². The summed E-state index contributed by atoms with van der Waals surface area (Å²) in [6, 6.07) is 12.3. The highest BCUT2D eigenvalue weighted by molar-refractivity contribution is 5.93. The molecule has 13 nitrogen and oxygen atoms in total. The fourth-order valence-corrected chi connectivity index (χ4v) is 5.51. The molecular weight excluding hydrogens is 572 g/mol. The number of anilines is 3. The van der Waals surface area contributed by atoms with E-state index in [4.69, 9.17) is 14.5 Å². The van der Waals surface area contributed by atoms with Crippen molar-refractivity contribution in [3.8, 4) is 23.2 Å². The molecule has 2 N–H and O–H groups in total. The first-order valence-electron chi connectivity index (χ1n) is 15.0. The summed E-state index contributed by atoms with van der Waals surface area (Å²) >= 11 is 0. The zero-order chi connectivity index (χ0) is 31.0. The topological polar surface area (TPSA) is 164 Å². The molecule has 13 heteroatoms. The van der Waals surface area contributed by atoms with E-state index in [2.05, 4.69) is 41.6 Å². The molecule has 230 valence electrons. The van der Waals surface area contributed by atoms with Crippen molar-refractivity contribution in [1.29, 1.82) is 5.26 Å². The van der Waals surface area contributed by atoms with E-state index >= 15 is 0 Å². The summed E-state index contributed by atoms with van der Waals surface area (Å²) in [7, 11) is 1.52. The first-order chi connectivity index (χ1) is 22.1. The summed E-state index contributed by atoms with van der Waals surface area (Å²) in [4.78, 5) is 42.1. The molecule has 4 aromatic rings. The zero-order valence-electron chi connectivity index (χ0n) is 25.0. The van der Waals surface area contributed by atoms with Gasteiger partial charge in [0.15, 0.2) is 0 Å². The second-order valence-electron chi connectivity index (χ2n) is 11.0. The lowest BCUT2D eigenvalue weighted by Gasteiger charge is -2.36. The SMILES string of the molecule is COc1ncc(-c2ccc(N(C(=O)CCc3ccccn3)C3CCC(Nc4ncc(C#N)c(NC5COC5)n4)CC3)nc2)cn1. The number of carbonyl (C=O) groups is 1. The highest BCUT2D eigenvalue weighted by Crippen LogP contribution is 2.30. The Morgan fingerprint density at radius 2 is 1.76 bits per heavy atom. The van der Waals surface area contributed by atoms with Gasteiger partial charge < -0.3 is 20.1 Å². The lowest BCUT2D eigenvalue weighted by molar-refractivity contribution is -0.119. The van der Waals surface area contributed by atoms with Crippen LogP contribution >= 0.6 is 0 Å². The molecule has 45 heavy (non-hydrogen) atoms. The number of pyridine rings is 2. The van der Waals surface area contributed by atoms with Gasteiger partial charge in [-0.05, 0) is 56.4 Å². The summed E-state index contributed by atoms with van der Waals surface area (Å²) in [6.07, 6.45) is 12.5. The standard InChI is InChI=1S/C32H34N10O3/c1-44-32-37-17-23(18-38-32)21-5-11-28(35-15-21)42(29(43)12-8-24-4-2-3-13-34-24)27-9-6-25(7-10-27)40-31-36-16-22(14-33)30(41-31)39-26-19-45-20-26/h2-5,11,13,15-18,25-27H,6-10,12,19-20H2,1H3,(H2,36,39,40,41). The zero-order valence-corrected chi connectivity index (χ0v) is 25.0. The molecular formula is C32H34N10O3. The number of hydrogen-bond acceptors (Lipinski definition) is 12. The molecule has 0 radical (unpaired) electrons. The van der Waals surface area contributed by atoms with E-state index in [1.54, 1.807) is 24.8 Å². The molecule has 1 saturated carbocycles. The molecule has 2 fully saturated rings. The minimum Gasteiger partial charge on any atom is -0.467 e. The van der Waals surface area contributed by atoms with Crippen LogP contribution in [0.5, 0.6) is 6.01 Å². The maximum atomic E-state index is 13.8. The third kappa shape index (κ3) is 7.30. The van der Waals surface area contributed by atoms with E-state index in [1.807, 2.05) is 35.2 Å². The second kappa shape index (κ2) is 14.0. The quantitative estimate of drug-likeness (QED) is 0.254. The largest absolute Gasteiger partial charge is 0.467 e. The molecule has 5 heterocycles. The number of methoxy groups -OCH3 is 1. The van der Waals surface area contributed by atoms with Crippen LogP contribution in [0.1, 0.15) is 43.4 Å². The molecule has 2 aliphatic rings. The fourth-order valence-electron chi connectivity index (χ4n) is 5.51. The van der Waals surface area contributed by atoms with Crippen LogP contribution in [0.2, 0.25) is 0 Å². The Morgan fingerprint density at radius 3 is 2.40 bits per heavy atom. The number of ether oxygens (including phenoxy) is 2. The summed E-state index contributed by atoms with van der Waals surface area (Å²) in [5.41, 5.74) is 2.92. The van der Waals surface area contributed by atoms with Gasteiger partial charge in [-0.25, -0.2) is 19.9 Å². The van der Waals surface area contributed by atoms with Gasteiger partial charge in [0.05, 0.1) is 32.6 Å². The number of amides is 1. The van der Waals surface area contributed by atoms with E-state index in [-0.39, 0.29) is 24.0 Å². The third-order valence-corrected chi connectivity index (χ3v) is 8.01. The van der Waals surface area contributed by atoms with Crippen LogP contribution < -0.4 is 20.3 Å². The van der Waals surface area contributed by atoms with Crippen molar-refractivity contribution >= 4 is 23.5 Å². The lowest BCUT2D eigenvalue weighted by Crippen LogP contribution is -2.45. The van der Waals surface area contributed by atoms with Crippen LogP contribution in [-0.4, -0.2) is 74.3 Å². The molecule has 4 aromatic heterocycles. The molecule has 0 spiro atoms. The van der Waals surface area contributed by atoms with E-state index < -0.39 is 0 Å². The van der Waals surface area contributed by atoms with Gasteiger partial charge in [0, 0.05) is 60.1 Å². The maximum absolute atomic E-state index is 13.8. The summed E-state index contributed by atoms with van der Waals surface area (Å²) in [6.45, 7) is 1.18.